The summed E-state index contributed by atoms with van der Waals surface area (Å²) >= 11 is 0. The van der Waals surface area contributed by atoms with Gasteiger partial charge in [0.1, 0.15) is 5.78 Å². The van der Waals surface area contributed by atoms with E-state index in [1.54, 1.807) is 0 Å². The summed E-state index contributed by atoms with van der Waals surface area (Å²) in [5.41, 5.74) is 0. The summed E-state index contributed by atoms with van der Waals surface area (Å²) in [7, 11) is 0. The number of carbonyl (C=O) groups is 1. The van der Waals surface area contributed by atoms with Crippen molar-refractivity contribution in [2.45, 2.75) is 51.9 Å². The van der Waals surface area contributed by atoms with Gasteiger partial charge in [-0.25, -0.2) is 0 Å². The summed E-state index contributed by atoms with van der Waals surface area (Å²) in [5, 5.41) is 3.36. The third-order valence-electron chi connectivity index (χ3n) is 4.46. The summed E-state index contributed by atoms with van der Waals surface area (Å²) < 4.78 is 0. The van der Waals surface area contributed by atoms with Crippen LogP contribution < -0.4 is 5.32 Å². The standard InChI is InChI=1S/C14H25NO/c1-2-11-5-3-6-12(9-11)14(16)13-7-4-8-15-10-13/h11-13,15H,2-10H2,1H3. The SMILES string of the molecule is CCC1CCCC(C(=O)C2CCCNC2)C1. The van der Waals surface area contributed by atoms with Gasteiger partial charge in [0, 0.05) is 18.4 Å². The molecular formula is C14H25NO. The van der Waals surface area contributed by atoms with E-state index in [-0.39, 0.29) is 0 Å². The topological polar surface area (TPSA) is 29.1 Å². The second kappa shape index (κ2) is 5.81. The summed E-state index contributed by atoms with van der Waals surface area (Å²) in [6.07, 6.45) is 8.52. The molecule has 2 fully saturated rings. The van der Waals surface area contributed by atoms with E-state index in [4.69, 9.17) is 0 Å². The second-order valence-corrected chi connectivity index (χ2v) is 5.58. The normalized spacial score (nSPS) is 35.9. The fourth-order valence-electron chi connectivity index (χ4n) is 3.35. The summed E-state index contributed by atoms with van der Waals surface area (Å²) in [6, 6.07) is 0. The van der Waals surface area contributed by atoms with Crippen molar-refractivity contribution in [3.8, 4) is 0 Å². The van der Waals surface area contributed by atoms with Crippen LogP contribution in [-0.2, 0) is 4.79 Å². The maximum atomic E-state index is 12.4. The van der Waals surface area contributed by atoms with Gasteiger partial charge in [-0.1, -0.05) is 26.2 Å². The minimum Gasteiger partial charge on any atom is -0.316 e. The van der Waals surface area contributed by atoms with Crippen LogP contribution in [0.2, 0.25) is 0 Å². The maximum absolute atomic E-state index is 12.4. The molecular weight excluding hydrogens is 198 g/mol. The molecule has 2 nitrogen and oxygen atoms in total. The molecule has 3 atom stereocenters. The van der Waals surface area contributed by atoms with Gasteiger partial charge < -0.3 is 5.32 Å². The van der Waals surface area contributed by atoms with Gasteiger partial charge in [0.15, 0.2) is 0 Å². The van der Waals surface area contributed by atoms with Crippen molar-refractivity contribution >= 4 is 5.78 Å². The van der Waals surface area contributed by atoms with Gasteiger partial charge in [-0.15, -0.1) is 0 Å². The van der Waals surface area contributed by atoms with Crippen molar-refractivity contribution in [1.82, 2.24) is 5.32 Å². The van der Waals surface area contributed by atoms with E-state index in [1.165, 1.54) is 32.1 Å². The molecule has 0 aromatic carbocycles. The molecule has 0 amide bonds. The van der Waals surface area contributed by atoms with E-state index in [9.17, 15) is 4.79 Å². The third kappa shape index (κ3) is 2.85. The van der Waals surface area contributed by atoms with Crippen molar-refractivity contribution in [1.29, 1.82) is 0 Å². The van der Waals surface area contributed by atoms with Gasteiger partial charge >= 0.3 is 0 Å². The van der Waals surface area contributed by atoms with Crippen molar-refractivity contribution < 1.29 is 4.79 Å². The zero-order valence-electron chi connectivity index (χ0n) is 10.5. The Bertz CT molecular complexity index is 233. The van der Waals surface area contributed by atoms with E-state index in [1.807, 2.05) is 0 Å². The number of hydrogen-bond acceptors (Lipinski definition) is 2. The van der Waals surface area contributed by atoms with Crippen molar-refractivity contribution in [2.75, 3.05) is 13.1 Å². The first-order chi connectivity index (χ1) is 7.81. The monoisotopic (exact) mass is 223 g/mol. The molecule has 1 saturated carbocycles. The Labute approximate surface area is 99.2 Å². The first-order valence-corrected chi connectivity index (χ1v) is 7.05. The molecule has 1 saturated heterocycles. The highest BCUT2D eigenvalue weighted by Gasteiger charge is 2.31. The van der Waals surface area contributed by atoms with E-state index >= 15 is 0 Å². The molecule has 0 bridgehead atoms. The van der Waals surface area contributed by atoms with Gasteiger partial charge in [-0.2, -0.15) is 0 Å². The molecule has 0 spiro atoms. The number of Topliss-reactive ketones (excluding diaryl/α,β-unsaturated/α-hetero) is 1. The van der Waals surface area contributed by atoms with Crippen molar-refractivity contribution in [3.63, 3.8) is 0 Å². The molecule has 1 N–H and O–H groups in total. The lowest BCUT2D eigenvalue weighted by Gasteiger charge is -2.31. The molecule has 2 aliphatic rings. The Morgan fingerprint density at radius 3 is 2.69 bits per heavy atom. The molecule has 3 unspecified atom stereocenters. The van der Waals surface area contributed by atoms with E-state index in [2.05, 4.69) is 12.2 Å². The predicted molar refractivity (Wildman–Crippen MR) is 66.3 cm³/mol. The minimum atomic E-state index is 0.328. The Hall–Kier alpha value is -0.370. The zero-order valence-corrected chi connectivity index (χ0v) is 10.5. The molecule has 0 aromatic heterocycles. The molecule has 16 heavy (non-hydrogen) atoms. The highest BCUT2D eigenvalue weighted by Crippen LogP contribution is 2.33. The minimum absolute atomic E-state index is 0.328. The summed E-state index contributed by atoms with van der Waals surface area (Å²) in [5.74, 6) is 2.11. The molecule has 0 aromatic rings. The molecule has 1 heterocycles. The number of piperidine rings is 1. The van der Waals surface area contributed by atoms with E-state index < -0.39 is 0 Å². The molecule has 2 rings (SSSR count). The maximum Gasteiger partial charge on any atom is 0.140 e. The first-order valence-electron chi connectivity index (χ1n) is 7.05. The number of nitrogens with one attached hydrogen (secondary N) is 1. The fraction of sp³-hybridized carbons (Fsp3) is 0.929. The molecule has 1 aliphatic carbocycles. The Morgan fingerprint density at radius 2 is 2.00 bits per heavy atom. The van der Waals surface area contributed by atoms with E-state index in [0.717, 1.165) is 31.8 Å². The average molecular weight is 223 g/mol. The Balaban J connectivity index is 1.87. The lowest BCUT2D eigenvalue weighted by molar-refractivity contribution is -0.128. The first kappa shape index (κ1) is 12.1. The van der Waals surface area contributed by atoms with Crippen LogP contribution in [0.5, 0.6) is 0 Å². The van der Waals surface area contributed by atoms with Gasteiger partial charge in [0.25, 0.3) is 0 Å². The number of carbonyl (C=O) groups excluding carboxylic acids is 1. The lowest BCUT2D eigenvalue weighted by Crippen LogP contribution is -2.38. The number of rotatable bonds is 3. The number of ketones is 1. The molecule has 92 valence electrons. The third-order valence-corrected chi connectivity index (χ3v) is 4.46. The van der Waals surface area contributed by atoms with Crippen LogP contribution in [0.25, 0.3) is 0 Å². The van der Waals surface area contributed by atoms with Gasteiger partial charge in [0.2, 0.25) is 0 Å². The van der Waals surface area contributed by atoms with Gasteiger partial charge in [-0.05, 0) is 38.1 Å². The van der Waals surface area contributed by atoms with Crippen LogP contribution in [0.4, 0.5) is 0 Å². The van der Waals surface area contributed by atoms with Crippen LogP contribution in [0.3, 0.4) is 0 Å². The van der Waals surface area contributed by atoms with Crippen LogP contribution >= 0.6 is 0 Å². The van der Waals surface area contributed by atoms with Gasteiger partial charge in [-0.3, -0.25) is 4.79 Å². The molecule has 2 heteroatoms. The summed E-state index contributed by atoms with van der Waals surface area (Å²) in [6.45, 7) is 4.30. The van der Waals surface area contributed by atoms with Crippen molar-refractivity contribution in [3.05, 3.63) is 0 Å². The lowest BCUT2D eigenvalue weighted by atomic mass is 9.74. The fourth-order valence-corrected chi connectivity index (χ4v) is 3.35. The average Bonchev–Trinajstić information content (AvgIpc) is 2.39. The predicted octanol–water partition coefficient (Wildman–Crippen LogP) is 2.77. The van der Waals surface area contributed by atoms with Crippen LogP contribution in [0, 0.1) is 17.8 Å². The smallest absolute Gasteiger partial charge is 0.140 e. The second-order valence-electron chi connectivity index (χ2n) is 5.58. The van der Waals surface area contributed by atoms with Crippen LogP contribution in [-0.4, -0.2) is 18.9 Å². The van der Waals surface area contributed by atoms with Gasteiger partial charge in [0.05, 0.1) is 0 Å². The van der Waals surface area contributed by atoms with Crippen LogP contribution in [0.1, 0.15) is 51.9 Å². The van der Waals surface area contributed by atoms with E-state index in [0.29, 0.717) is 17.6 Å². The highest BCUT2D eigenvalue weighted by molar-refractivity contribution is 5.83. The highest BCUT2D eigenvalue weighted by atomic mass is 16.1. The van der Waals surface area contributed by atoms with Crippen LogP contribution in [0.15, 0.2) is 0 Å². The molecule has 1 aliphatic heterocycles. The Morgan fingerprint density at radius 1 is 1.19 bits per heavy atom. The number of hydrogen-bond donors (Lipinski definition) is 1. The Kier molecular flexibility index (Phi) is 4.39. The molecule has 0 radical (unpaired) electrons. The largest absolute Gasteiger partial charge is 0.316 e. The van der Waals surface area contributed by atoms with Crippen molar-refractivity contribution in [2.24, 2.45) is 17.8 Å². The quantitative estimate of drug-likeness (QED) is 0.797. The zero-order chi connectivity index (χ0) is 11.4. The summed E-state index contributed by atoms with van der Waals surface area (Å²) in [4.78, 5) is 12.4.